The van der Waals surface area contributed by atoms with Crippen molar-refractivity contribution in [3.05, 3.63) is 21.9 Å². The van der Waals surface area contributed by atoms with E-state index in [1.54, 1.807) is 0 Å². The summed E-state index contributed by atoms with van der Waals surface area (Å²) in [5.74, 6) is 0. The van der Waals surface area contributed by atoms with Gasteiger partial charge in [0.15, 0.2) is 0 Å². The van der Waals surface area contributed by atoms with Crippen LogP contribution in [0.15, 0.2) is 21.6 Å². The van der Waals surface area contributed by atoms with Crippen molar-refractivity contribution >= 4 is 38.2 Å². The monoisotopic (exact) mass is 438 g/mol. The van der Waals surface area contributed by atoms with Gasteiger partial charge >= 0.3 is 0 Å². The molecule has 0 aliphatic heterocycles. The van der Waals surface area contributed by atoms with Gasteiger partial charge in [0, 0.05) is 31.7 Å². The first-order chi connectivity index (χ1) is 5.11. The molecule has 66 valence electrons. The van der Waals surface area contributed by atoms with Crippen LogP contribution in [-0.4, -0.2) is 4.98 Å². The van der Waals surface area contributed by atoms with E-state index in [1.165, 1.54) is 12.3 Å². The van der Waals surface area contributed by atoms with E-state index in [0.29, 0.717) is 4.47 Å². The molecule has 1 heterocycles. The number of nitrogens with zero attached hydrogens (tertiary/aromatic N) is 1. The number of halogens is 2. The molecule has 0 fully saturated rings. The second kappa shape index (κ2) is 5.32. The van der Waals surface area contributed by atoms with E-state index in [9.17, 15) is 8.42 Å². The summed E-state index contributed by atoms with van der Waals surface area (Å²) in [5, 5.41) is -0.0125. The third-order valence-electron chi connectivity index (χ3n) is 0.953. The summed E-state index contributed by atoms with van der Waals surface area (Å²) in [4.78, 5) is 3.63. The van der Waals surface area contributed by atoms with E-state index in [2.05, 4.69) is 20.9 Å². The van der Waals surface area contributed by atoms with Crippen LogP contribution >= 0.6 is 27.5 Å². The molecule has 0 bridgehead atoms. The average Bonchev–Trinajstić information content (AvgIpc) is 1.94. The van der Waals surface area contributed by atoms with Crippen LogP contribution in [0.3, 0.4) is 0 Å². The summed E-state index contributed by atoms with van der Waals surface area (Å²) in [7, 11) is -2.33. The Morgan fingerprint density at radius 1 is 1.50 bits per heavy atom. The Morgan fingerprint density at radius 3 is 2.50 bits per heavy atom. The van der Waals surface area contributed by atoms with Crippen LogP contribution in [0.4, 0.5) is 0 Å². The molecule has 0 radical (unpaired) electrons. The van der Waals surface area contributed by atoms with Crippen LogP contribution < -0.4 is 0 Å². The molecule has 0 aromatic carbocycles. The zero-order valence-electron chi connectivity index (χ0n) is 5.49. The maximum atomic E-state index is 10.4. The Balaban J connectivity index is 0.00000121. The van der Waals surface area contributed by atoms with Gasteiger partial charge in [-0.05, 0) is 31.5 Å². The van der Waals surface area contributed by atoms with Gasteiger partial charge in [0.1, 0.15) is 5.15 Å². The smallest absolute Gasteiger partial charge is 0.115 e. The van der Waals surface area contributed by atoms with E-state index in [0.717, 1.165) is 0 Å². The normalized spacial score (nSPS) is 9.58. The van der Waals surface area contributed by atoms with Crippen molar-refractivity contribution in [2.75, 3.05) is 0 Å². The number of pyridine rings is 1. The molecule has 0 amide bonds. The molecular weight excluding hydrogens is 437 g/mol. The molecule has 0 saturated heterocycles. The summed E-state index contributed by atoms with van der Waals surface area (Å²) < 4.78 is 21.4. The summed E-state index contributed by atoms with van der Waals surface area (Å²) in [6, 6.07) is 1.39. The molecule has 0 unspecified atom stereocenters. The van der Waals surface area contributed by atoms with Crippen LogP contribution in [0.1, 0.15) is 0 Å². The standard InChI is InChI=1S/C5H2BrClNO2S.W/c6-3-1-4(11(9)10)5(7)8-2-3;/h1-2H;/q-1;. The number of hydrogen-bond acceptors (Lipinski definition) is 4. The van der Waals surface area contributed by atoms with Gasteiger partial charge in [-0.2, -0.15) is 0 Å². The van der Waals surface area contributed by atoms with Crippen molar-refractivity contribution in [2.45, 2.75) is 4.90 Å². The number of rotatable bonds is 1. The summed E-state index contributed by atoms with van der Waals surface area (Å²) in [6.07, 6.45) is 1.43. The zero-order chi connectivity index (χ0) is 8.43. The van der Waals surface area contributed by atoms with E-state index in [4.69, 9.17) is 11.6 Å². The topological polar surface area (TPSA) is 47.0 Å². The minimum atomic E-state index is -2.33. The molecule has 1 rings (SSSR count). The molecule has 0 aliphatic carbocycles. The fraction of sp³-hybridized carbons (Fsp3) is 0. The van der Waals surface area contributed by atoms with E-state index in [1.807, 2.05) is 0 Å². The van der Waals surface area contributed by atoms with Gasteiger partial charge in [0.25, 0.3) is 0 Å². The van der Waals surface area contributed by atoms with Gasteiger partial charge in [0.05, 0.1) is 0 Å². The van der Waals surface area contributed by atoms with Crippen molar-refractivity contribution in [3.8, 4) is 0 Å². The zero-order valence-corrected chi connectivity index (χ0v) is 11.6. The molecule has 0 spiro atoms. The Bertz CT molecular complexity index is 349. The van der Waals surface area contributed by atoms with E-state index in [-0.39, 0.29) is 31.1 Å². The Morgan fingerprint density at radius 2 is 2.08 bits per heavy atom. The third kappa shape index (κ3) is 3.13. The van der Waals surface area contributed by atoms with Crippen molar-refractivity contribution in [2.24, 2.45) is 0 Å². The van der Waals surface area contributed by atoms with E-state index >= 15 is 0 Å². The SMILES string of the molecule is O=[S-](=O)c1cc(Br)cnc1Cl.[W]. The van der Waals surface area contributed by atoms with Crippen molar-refractivity contribution in [1.82, 2.24) is 4.98 Å². The number of hydrogen-bond donors (Lipinski definition) is 0. The molecule has 3 nitrogen and oxygen atoms in total. The van der Waals surface area contributed by atoms with Gasteiger partial charge in [-0.25, -0.2) is 4.98 Å². The van der Waals surface area contributed by atoms with Crippen molar-refractivity contribution < 1.29 is 29.5 Å². The molecule has 1 aromatic heterocycles. The van der Waals surface area contributed by atoms with Gasteiger partial charge in [0.2, 0.25) is 0 Å². The van der Waals surface area contributed by atoms with Crippen LogP contribution in [0.5, 0.6) is 0 Å². The second-order valence-electron chi connectivity index (χ2n) is 1.68. The average molecular weight is 439 g/mol. The largest absolute Gasteiger partial charge is 0.420 e. The van der Waals surface area contributed by atoms with E-state index < -0.39 is 10.7 Å². The first-order valence-electron chi connectivity index (χ1n) is 2.51. The Kier molecular flexibility index (Phi) is 5.57. The third-order valence-corrected chi connectivity index (χ3v) is 2.47. The second-order valence-corrected chi connectivity index (χ2v) is 3.86. The van der Waals surface area contributed by atoms with Crippen molar-refractivity contribution in [1.29, 1.82) is 0 Å². The quantitative estimate of drug-likeness (QED) is 0.498. The predicted molar refractivity (Wildman–Crippen MR) is 44.0 cm³/mol. The maximum Gasteiger partial charge on any atom is 0.115 e. The molecule has 7 heteroatoms. The number of aromatic nitrogens is 1. The minimum Gasteiger partial charge on any atom is -0.420 e. The first-order valence-corrected chi connectivity index (χ1v) is 4.76. The van der Waals surface area contributed by atoms with Gasteiger partial charge in [-0.15, -0.1) is 0 Å². The van der Waals surface area contributed by atoms with Crippen LogP contribution in [0.2, 0.25) is 5.15 Å². The predicted octanol–water partition coefficient (Wildman–Crippen LogP) is 2.16. The summed E-state index contributed by atoms with van der Waals surface area (Å²) in [5.41, 5.74) is 0. The fourth-order valence-corrected chi connectivity index (χ4v) is 1.71. The van der Waals surface area contributed by atoms with Gasteiger partial charge in [-0.3, -0.25) is 0 Å². The Hall–Kier alpha value is 0.558. The van der Waals surface area contributed by atoms with Crippen LogP contribution in [-0.2, 0) is 40.2 Å². The van der Waals surface area contributed by atoms with Crippen LogP contribution in [0.25, 0.3) is 0 Å². The molecule has 0 N–H and O–H groups in total. The van der Waals surface area contributed by atoms with Gasteiger partial charge < -0.3 is 8.42 Å². The maximum absolute atomic E-state index is 10.4. The fourth-order valence-electron chi connectivity index (χ4n) is 0.521. The Labute approximate surface area is 98.9 Å². The molecule has 0 aliphatic rings. The van der Waals surface area contributed by atoms with Crippen molar-refractivity contribution in [3.63, 3.8) is 0 Å². The minimum absolute atomic E-state index is 0. The van der Waals surface area contributed by atoms with Gasteiger partial charge in [-0.1, -0.05) is 17.7 Å². The summed E-state index contributed by atoms with van der Waals surface area (Å²) in [6.45, 7) is 0. The molecule has 0 atom stereocenters. The first kappa shape index (κ1) is 12.6. The molecule has 0 saturated carbocycles. The molecular formula is C5H2BrClNO2SW-. The summed E-state index contributed by atoms with van der Waals surface area (Å²) >= 11 is 8.54. The molecule has 12 heavy (non-hydrogen) atoms. The molecule has 1 aromatic rings. The van der Waals surface area contributed by atoms with Crippen LogP contribution in [0, 0.1) is 0 Å².